The summed E-state index contributed by atoms with van der Waals surface area (Å²) in [5.41, 5.74) is 1.01. The lowest BCUT2D eigenvalue weighted by atomic mass is 10.1. The molecule has 1 unspecified atom stereocenters. The van der Waals surface area contributed by atoms with Crippen LogP contribution in [0.5, 0.6) is 0 Å². The number of hydrogen-bond donors (Lipinski definition) is 0. The summed E-state index contributed by atoms with van der Waals surface area (Å²) in [6, 6.07) is 5.70. The molecule has 2 aromatic rings. The summed E-state index contributed by atoms with van der Waals surface area (Å²) in [5, 5.41) is 1.93. The number of amides is 1. The Morgan fingerprint density at radius 3 is 3.19 bits per heavy atom. The van der Waals surface area contributed by atoms with E-state index >= 15 is 0 Å². The number of aromatic nitrogens is 2. The largest absolute Gasteiger partial charge is 0.375 e. The highest BCUT2D eigenvalue weighted by atomic mass is 32.1. The van der Waals surface area contributed by atoms with Crippen LogP contribution in [-0.2, 0) is 11.2 Å². The molecule has 1 fully saturated rings. The van der Waals surface area contributed by atoms with Crippen molar-refractivity contribution in [3.63, 3.8) is 0 Å². The monoisotopic (exact) mass is 303 g/mol. The van der Waals surface area contributed by atoms with Gasteiger partial charge in [-0.3, -0.25) is 4.79 Å². The number of morpholine rings is 1. The molecule has 0 aromatic carbocycles. The maximum atomic E-state index is 12.3. The fraction of sp³-hybridized carbons (Fsp3) is 0.400. The van der Waals surface area contributed by atoms with Gasteiger partial charge in [-0.1, -0.05) is 6.07 Å². The molecule has 1 saturated heterocycles. The molecule has 1 atom stereocenters. The SMILES string of the molecule is O=C(c1cccs1)N1CCOC(CCc2ccncn2)C1. The second-order valence-electron chi connectivity index (χ2n) is 4.96. The van der Waals surface area contributed by atoms with E-state index in [9.17, 15) is 4.79 Å². The number of ether oxygens (including phenoxy) is 1. The molecule has 1 aliphatic rings. The Labute approximate surface area is 127 Å². The van der Waals surface area contributed by atoms with Gasteiger partial charge in [0, 0.05) is 25.0 Å². The van der Waals surface area contributed by atoms with Crippen LogP contribution in [0.3, 0.4) is 0 Å². The highest BCUT2D eigenvalue weighted by Gasteiger charge is 2.25. The lowest BCUT2D eigenvalue weighted by Gasteiger charge is -2.32. The summed E-state index contributed by atoms with van der Waals surface area (Å²) in [4.78, 5) is 23.1. The first kappa shape index (κ1) is 14.2. The molecule has 3 rings (SSSR count). The van der Waals surface area contributed by atoms with E-state index in [0.29, 0.717) is 19.7 Å². The third-order valence-corrected chi connectivity index (χ3v) is 4.38. The molecule has 0 N–H and O–H groups in total. The smallest absolute Gasteiger partial charge is 0.264 e. The fourth-order valence-corrected chi connectivity index (χ4v) is 3.10. The first-order valence-corrected chi connectivity index (χ1v) is 7.90. The molecule has 3 heterocycles. The van der Waals surface area contributed by atoms with Crippen LogP contribution < -0.4 is 0 Å². The molecule has 110 valence electrons. The number of carbonyl (C=O) groups excluding carboxylic acids is 1. The Bertz CT molecular complexity index is 574. The highest BCUT2D eigenvalue weighted by Crippen LogP contribution is 2.17. The van der Waals surface area contributed by atoms with Gasteiger partial charge in [-0.2, -0.15) is 0 Å². The number of hydrogen-bond acceptors (Lipinski definition) is 5. The number of nitrogens with zero attached hydrogens (tertiary/aromatic N) is 3. The lowest BCUT2D eigenvalue weighted by Crippen LogP contribution is -2.45. The van der Waals surface area contributed by atoms with Crippen LogP contribution in [0.15, 0.2) is 36.1 Å². The Balaban J connectivity index is 1.55. The maximum absolute atomic E-state index is 12.3. The molecule has 0 bridgehead atoms. The molecular weight excluding hydrogens is 286 g/mol. The molecule has 0 spiro atoms. The van der Waals surface area contributed by atoms with Gasteiger partial charge in [-0.05, 0) is 30.4 Å². The van der Waals surface area contributed by atoms with Gasteiger partial charge in [0.25, 0.3) is 5.91 Å². The topological polar surface area (TPSA) is 55.3 Å². The zero-order valence-corrected chi connectivity index (χ0v) is 12.5. The molecule has 0 aliphatic carbocycles. The second kappa shape index (κ2) is 6.78. The third kappa shape index (κ3) is 3.65. The molecule has 2 aromatic heterocycles. The first-order chi connectivity index (χ1) is 10.3. The maximum Gasteiger partial charge on any atom is 0.264 e. The van der Waals surface area contributed by atoms with Gasteiger partial charge < -0.3 is 9.64 Å². The zero-order valence-electron chi connectivity index (χ0n) is 11.6. The van der Waals surface area contributed by atoms with Crippen LogP contribution in [0.1, 0.15) is 21.8 Å². The van der Waals surface area contributed by atoms with Crippen molar-refractivity contribution < 1.29 is 9.53 Å². The summed E-state index contributed by atoms with van der Waals surface area (Å²) in [7, 11) is 0. The Morgan fingerprint density at radius 1 is 1.48 bits per heavy atom. The summed E-state index contributed by atoms with van der Waals surface area (Å²) in [6.07, 6.45) is 5.09. The van der Waals surface area contributed by atoms with E-state index in [0.717, 1.165) is 23.4 Å². The second-order valence-corrected chi connectivity index (χ2v) is 5.91. The van der Waals surface area contributed by atoms with Gasteiger partial charge in [0.1, 0.15) is 6.33 Å². The Kier molecular flexibility index (Phi) is 4.57. The van der Waals surface area contributed by atoms with Crippen molar-refractivity contribution in [1.29, 1.82) is 0 Å². The summed E-state index contributed by atoms with van der Waals surface area (Å²) in [6.45, 7) is 1.92. The summed E-state index contributed by atoms with van der Waals surface area (Å²) in [5.74, 6) is 0.111. The van der Waals surface area contributed by atoms with Crippen molar-refractivity contribution in [1.82, 2.24) is 14.9 Å². The molecule has 5 nitrogen and oxygen atoms in total. The van der Waals surface area contributed by atoms with Gasteiger partial charge in [0.15, 0.2) is 0 Å². The molecule has 1 aliphatic heterocycles. The van der Waals surface area contributed by atoms with Gasteiger partial charge >= 0.3 is 0 Å². The van der Waals surface area contributed by atoms with Crippen molar-refractivity contribution in [3.8, 4) is 0 Å². The minimum Gasteiger partial charge on any atom is -0.375 e. The number of aryl methyl sites for hydroxylation is 1. The fourth-order valence-electron chi connectivity index (χ4n) is 2.41. The van der Waals surface area contributed by atoms with Crippen molar-refractivity contribution in [2.75, 3.05) is 19.7 Å². The van der Waals surface area contributed by atoms with Crippen LogP contribution in [0, 0.1) is 0 Å². The van der Waals surface area contributed by atoms with Crippen molar-refractivity contribution in [3.05, 3.63) is 46.7 Å². The molecule has 0 saturated carbocycles. The number of rotatable bonds is 4. The normalized spacial score (nSPS) is 18.7. The average Bonchev–Trinajstić information content (AvgIpc) is 3.08. The van der Waals surface area contributed by atoms with Gasteiger partial charge in [0.05, 0.1) is 17.6 Å². The van der Waals surface area contributed by atoms with E-state index in [1.165, 1.54) is 11.3 Å². The molecule has 1 amide bonds. The van der Waals surface area contributed by atoms with Crippen molar-refractivity contribution >= 4 is 17.2 Å². The molecule has 21 heavy (non-hydrogen) atoms. The van der Waals surface area contributed by atoms with Crippen LogP contribution in [0.4, 0.5) is 0 Å². The van der Waals surface area contributed by atoms with Crippen molar-refractivity contribution in [2.45, 2.75) is 18.9 Å². The zero-order chi connectivity index (χ0) is 14.5. The summed E-state index contributed by atoms with van der Waals surface area (Å²) >= 11 is 1.49. The quantitative estimate of drug-likeness (QED) is 0.867. The molecular formula is C15H17N3O2S. The summed E-state index contributed by atoms with van der Waals surface area (Å²) < 4.78 is 5.76. The lowest BCUT2D eigenvalue weighted by molar-refractivity contribution is -0.0245. The Hall–Kier alpha value is -1.79. The molecule has 0 radical (unpaired) electrons. The van der Waals surface area contributed by atoms with E-state index < -0.39 is 0 Å². The molecule has 6 heteroatoms. The van der Waals surface area contributed by atoms with Crippen LogP contribution in [-0.4, -0.2) is 46.6 Å². The van der Waals surface area contributed by atoms with E-state index in [1.54, 1.807) is 12.5 Å². The van der Waals surface area contributed by atoms with Crippen LogP contribution >= 0.6 is 11.3 Å². The predicted molar refractivity (Wildman–Crippen MR) is 80.3 cm³/mol. The minimum atomic E-state index is 0.0811. The Morgan fingerprint density at radius 2 is 2.43 bits per heavy atom. The third-order valence-electron chi connectivity index (χ3n) is 3.52. The van der Waals surface area contributed by atoms with E-state index in [2.05, 4.69) is 9.97 Å². The van der Waals surface area contributed by atoms with Crippen LogP contribution in [0.2, 0.25) is 0 Å². The van der Waals surface area contributed by atoms with E-state index in [-0.39, 0.29) is 12.0 Å². The first-order valence-electron chi connectivity index (χ1n) is 7.02. The van der Waals surface area contributed by atoms with Gasteiger partial charge in [0.2, 0.25) is 0 Å². The number of carbonyl (C=O) groups is 1. The minimum absolute atomic E-state index is 0.0811. The average molecular weight is 303 g/mol. The highest BCUT2D eigenvalue weighted by molar-refractivity contribution is 7.12. The van der Waals surface area contributed by atoms with E-state index in [1.807, 2.05) is 28.5 Å². The predicted octanol–water partition coefficient (Wildman–Crippen LogP) is 2.01. The van der Waals surface area contributed by atoms with Gasteiger partial charge in [-0.25, -0.2) is 9.97 Å². The van der Waals surface area contributed by atoms with Gasteiger partial charge in [-0.15, -0.1) is 11.3 Å². The van der Waals surface area contributed by atoms with Crippen LogP contribution in [0.25, 0.3) is 0 Å². The number of thiophene rings is 1. The standard InChI is InChI=1S/C15H17N3O2S/c19-15(14-2-1-9-21-14)18-7-8-20-13(10-18)4-3-12-5-6-16-11-17-12/h1-2,5-6,9,11,13H,3-4,7-8,10H2. The van der Waals surface area contributed by atoms with E-state index in [4.69, 9.17) is 4.74 Å². The van der Waals surface area contributed by atoms with Crippen molar-refractivity contribution in [2.24, 2.45) is 0 Å².